The Morgan fingerprint density at radius 3 is 2.43 bits per heavy atom. The van der Waals surface area contributed by atoms with Crippen LogP contribution < -0.4 is 9.04 Å². The summed E-state index contributed by atoms with van der Waals surface area (Å²) in [5.74, 6) is 4.26. The number of nitrogens with zero attached hydrogens (tertiary/aromatic N) is 1. The highest BCUT2D eigenvalue weighted by atomic mass is 32.2. The van der Waals surface area contributed by atoms with Crippen molar-refractivity contribution in [3.8, 4) is 5.75 Å². The van der Waals surface area contributed by atoms with Gasteiger partial charge in [0.25, 0.3) is 0 Å². The maximum absolute atomic E-state index is 11.0. The number of hydrogen-bond acceptors (Lipinski definition) is 3. The van der Waals surface area contributed by atoms with E-state index in [1.807, 2.05) is 31.2 Å². The summed E-state index contributed by atoms with van der Waals surface area (Å²) in [6.45, 7) is 2.58. The molecular formula is C10H14NO2S-. The molecule has 0 spiro atoms. The van der Waals surface area contributed by atoms with Gasteiger partial charge in [0, 0.05) is 5.69 Å². The van der Waals surface area contributed by atoms with Gasteiger partial charge in [0.1, 0.15) is 5.75 Å². The summed E-state index contributed by atoms with van der Waals surface area (Å²) in [4.78, 5) is 0. The fourth-order valence-electron chi connectivity index (χ4n) is 1.04. The highest BCUT2D eigenvalue weighted by Gasteiger charge is 1.94. The summed E-state index contributed by atoms with van der Waals surface area (Å²) >= 11 is 0. The molecule has 0 fully saturated rings. The van der Waals surface area contributed by atoms with Gasteiger partial charge in [-0.05, 0) is 38.2 Å². The van der Waals surface area contributed by atoms with Crippen molar-refractivity contribution in [3.63, 3.8) is 0 Å². The molecule has 4 heteroatoms. The molecule has 0 atom stereocenters. The lowest BCUT2D eigenvalue weighted by molar-refractivity contribution is 0.340. The first-order valence-electron chi connectivity index (χ1n) is 4.33. The second-order valence-corrected chi connectivity index (χ2v) is 3.94. The molecule has 0 heterocycles. The van der Waals surface area contributed by atoms with Gasteiger partial charge >= 0.3 is 0 Å². The maximum atomic E-state index is 11.0. The Morgan fingerprint density at radius 1 is 1.43 bits per heavy atom. The van der Waals surface area contributed by atoms with Gasteiger partial charge in [0.05, 0.1) is 6.61 Å². The van der Waals surface area contributed by atoms with Crippen molar-refractivity contribution >= 4 is 22.1 Å². The average Bonchev–Trinajstić information content (AvgIpc) is 2.18. The second-order valence-electron chi connectivity index (χ2n) is 2.75. The zero-order valence-corrected chi connectivity index (χ0v) is 9.21. The highest BCUT2D eigenvalue weighted by molar-refractivity contribution is 7.83. The van der Waals surface area contributed by atoms with Gasteiger partial charge < -0.3 is 13.3 Å². The van der Waals surface area contributed by atoms with Crippen LogP contribution in [0.15, 0.2) is 24.3 Å². The molecule has 0 unspecified atom stereocenters. The Hall–Kier alpha value is -1.16. The van der Waals surface area contributed by atoms with Gasteiger partial charge in [-0.25, -0.2) is 0 Å². The minimum absolute atomic E-state index is 0.649. The van der Waals surface area contributed by atoms with Gasteiger partial charge in [0.15, 0.2) is 0 Å². The summed E-state index contributed by atoms with van der Waals surface area (Å²) in [6, 6.07) is 7.41. The lowest BCUT2D eigenvalue weighted by Gasteiger charge is -2.23. The molecule has 78 valence electrons. The normalized spacial score (nSPS) is 10.2. The molecule has 0 aromatic heterocycles. The van der Waals surface area contributed by atoms with Crippen molar-refractivity contribution in [1.82, 2.24) is 0 Å². The van der Waals surface area contributed by atoms with E-state index in [0.29, 0.717) is 6.61 Å². The largest absolute Gasteiger partial charge is 0.494 e. The molecule has 0 saturated heterocycles. The van der Waals surface area contributed by atoms with Crippen molar-refractivity contribution in [2.45, 2.75) is 6.92 Å². The van der Waals surface area contributed by atoms with Crippen LogP contribution in [0.25, 0.3) is 0 Å². The summed E-state index contributed by atoms with van der Waals surface area (Å²) in [5, 5.41) is 0. The van der Waals surface area contributed by atoms with Gasteiger partial charge in [0.2, 0.25) is 0 Å². The van der Waals surface area contributed by atoms with Crippen LogP contribution in [0.5, 0.6) is 5.75 Å². The predicted molar refractivity (Wildman–Crippen MR) is 61.2 cm³/mol. The van der Waals surface area contributed by atoms with E-state index in [4.69, 9.17) is 4.74 Å². The molecule has 0 saturated carbocycles. The first-order chi connectivity index (χ1) is 6.65. The average molecular weight is 212 g/mol. The van der Waals surface area contributed by atoms with Crippen molar-refractivity contribution < 1.29 is 8.95 Å². The molecule has 0 amide bonds. The highest BCUT2D eigenvalue weighted by Crippen LogP contribution is 2.18. The van der Waals surface area contributed by atoms with Crippen LogP contribution in [0, 0.1) is 0 Å². The topological polar surface area (TPSA) is 29.5 Å². The van der Waals surface area contributed by atoms with Crippen LogP contribution in [0.1, 0.15) is 6.92 Å². The molecule has 0 aliphatic heterocycles. The number of hydrogen-bond donors (Lipinski definition) is 0. The zero-order chi connectivity index (χ0) is 10.6. The number of ether oxygens (including phenoxy) is 1. The summed E-state index contributed by atoms with van der Waals surface area (Å²) in [7, 11) is 0.506. The fraction of sp³-hybridized carbons (Fsp3) is 0.300. The number of benzene rings is 1. The molecule has 1 aromatic carbocycles. The lowest BCUT2D eigenvalue weighted by atomic mass is 10.3. The molecule has 1 aromatic rings. The summed E-state index contributed by atoms with van der Waals surface area (Å²) in [6.07, 6.45) is 0. The Labute approximate surface area is 86.5 Å². The van der Waals surface area contributed by atoms with E-state index in [-0.39, 0.29) is 0 Å². The minimum atomic E-state index is -1.23. The molecule has 0 radical (unpaired) electrons. The molecule has 1 rings (SSSR count). The van der Waals surface area contributed by atoms with E-state index in [0.717, 1.165) is 11.4 Å². The third kappa shape index (κ3) is 2.67. The molecular weight excluding hydrogens is 198 g/mol. The van der Waals surface area contributed by atoms with Crippen LogP contribution in [-0.2, 0) is 14.8 Å². The zero-order valence-electron chi connectivity index (χ0n) is 8.40. The fourth-order valence-corrected chi connectivity index (χ4v) is 1.39. The molecule has 0 aliphatic carbocycles. The van der Waals surface area contributed by atoms with Crippen molar-refractivity contribution in [1.29, 1.82) is 0 Å². The van der Waals surface area contributed by atoms with E-state index < -0.39 is 10.6 Å². The predicted octanol–water partition coefficient (Wildman–Crippen LogP) is 1.83. The van der Waals surface area contributed by atoms with Gasteiger partial charge in [-0.1, -0.05) is 0 Å². The Bertz CT molecular complexity index is 349. The van der Waals surface area contributed by atoms with Crippen LogP contribution in [0.4, 0.5) is 5.69 Å². The third-order valence-corrected chi connectivity index (χ3v) is 2.64. The quantitative estimate of drug-likeness (QED) is 0.563. The number of rotatable bonds is 4. The SMILES string of the molecule is C=[S-](=O)N(C)c1ccc(OCC)cc1. The first kappa shape index (κ1) is 10.9. The van der Waals surface area contributed by atoms with Gasteiger partial charge in [-0.15, -0.1) is 0 Å². The van der Waals surface area contributed by atoms with Crippen LogP contribution in [0.3, 0.4) is 0 Å². The van der Waals surface area contributed by atoms with E-state index in [1.54, 1.807) is 11.4 Å². The Kier molecular flexibility index (Phi) is 3.83. The van der Waals surface area contributed by atoms with Crippen LogP contribution >= 0.6 is 0 Å². The van der Waals surface area contributed by atoms with Gasteiger partial charge in [-0.3, -0.25) is 0 Å². The second kappa shape index (κ2) is 4.91. The van der Waals surface area contributed by atoms with E-state index in [2.05, 4.69) is 5.87 Å². The molecule has 3 nitrogen and oxygen atoms in total. The maximum Gasteiger partial charge on any atom is 0.119 e. The molecule has 14 heavy (non-hydrogen) atoms. The van der Waals surface area contributed by atoms with Crippen molar-refractivity contribution in [3.05, 3.63) is 24.3 Å². The van der Waals surface area contributed by atoms with E-state index in [9.17, 15) is 4.21 Å². The van der Waals surface area contributed by atoms with Crippen LogP contribution in [0.2, 0.25) is 0 Å². The van der Waals surface area contributed by atoms with Crippen LogP contribution in [-0.4, -0.2) is 19.5 Å². The summed E-state index contributed by atoms with van der Waals surface area (Å²) < 4.78 is 17.9. The summed E-state index contributed by atoms with van der Waals surface area (Å²) in [5.41, 5.74) is 0.863. The monoisotopic (exact) mass is 212 g/mol. The Morgan fingerprint density at radius 2 is 2.00 bits per heavy atom. The standard InChI is InChI=1S/C10H14NO2S/c1-4-13-10-7-5-9(6-8-10)11(2)14(3)12/h5-8H,3-4H2,1-2H3/q-1. The van der Waals surface area contributed by atoms with E-state index >= 15 is 0 Å². The number of anilines is 1. The van der Waals surface area contributed by atoms with Crippen molar-refractivity contribution in [2.75, 3.05) is 18.0 Å². The smallest absolute Gasteiger partial charge is 0.119 e. The molecule has 0 aliphatic rings. The van der Waals surface area contributed by atoms with Gasteiger partial charge in [-0.2, -0.15) is 16.4 Å². The Balaban J connectivity index is 2.82. The molecule has 0 N–H and O–H groups in total. The van der Waals surface area contributed by atoms with Crippen molar-refractivity contribution in [2.24, 2.45) is 0 Å². The lowest BCUT2D eigenvalue weighted by Crippen LogP contribution is -2.12. The third-order valence-electron chi connectivity index (χ3n) is 1.82. The van der Waals surface area contributed by atoms with E-state index in [1.165, 1.54) is 0 Å². The first-order valence-corrected chi connectivity index (χ1v) is 5.61. The minimum Gasteiger partial charge on any atom is -0.494 e. The molecule has 0 bridgehead atoms.